The maximum Gasteiger partial charge on any atom is 0.362 e. The van der Waals surface area contributed by atoms with E-state index in [2.05, 4.69) is 20.9 Å². The zero-order valence-electron chi connectivity index (χ0n) is 8.90. The molecule has 0 atom stereocenters. The van der Waals surface area contributed by atoms with E-state index in [1.807, 2.05) is 11.4 Å². The Kier molecular flexibility index (Phi) is 3.49. The van der Waals surface area contributed by atoms with E-state index in [1.54, 1.807) is 6.92 Å². The smallest absolute Gasteiger partial charge is 0.362 e. The molecule has 0 unspecified atom stereocenters. The molecule has 0 fully saturated rings. The minimum Gasteiger partial charge on any atom is -0.461 e. The van der Waals surface area contributed by atoms with Crippen molar-refractivity contribution in [2.45, 2.75) is 6.92 Å². The van der Waals surface area contributed by atoms with Crippen LogP contribution in [0.25, 0.3) is 11.5 Å². The molecule has 2 aromatic heterocycles. The Morgan fingerprint density at radius 2 is 2.47 bits per heavy atom. The van der Waals surface area contributed by atoms with Crippen molar-refractivity contribution in [2.24, 2.45) is 0 Å². The van der Waals surface area contributed by atoms with Gasteiger partial charge in [0.15, 0.2) is 0 Å². The van der Waals surface area contributed by atoms with Gasteiger partial charge in [0.25, 0.3) is 0 Å². The minimum absolute atomic E-state index is 0.0178. The van der Waals surface area contributed by atoms with Gasteiger partial charge >= 0.3 is 5.97 Å². The number of oxazole rings is 1. The Labute approximate surface area is 110 Å². The average molecular weight is 317 g/mol. The van der Waals surface area contributed by atoms with Crippen LogP contribution in [0.2, 0.25) is 0 Å². The summed E-state index contributed by atoms with van der Waals surface area (Å²) in [4.78, 5) is 15.5. The van der Waals surface area contributed by atoms with Crippen LogP contribution in [-0.2, 0) is 4.74 Å². The van der Waals surface area contributed by atoms with Gasteiger partial charge in [0.05, 0.1) is 10.4 Å². The Bertz CT molecular complexity index is 549. The minimum atomic E-state index is -0.575. The predicted octanol–water partition coefficient (Wildman–Crippen LogP) is 2.92. The van der Waals surface area contributed by atoms with Gasteiger partial charge in [0, 0.05) is 10.9 Å². The largest absolute Gasteiger partial charge is 0.461 e. The highest BCUT2D eigenvalue weighted by molar-refractivity contribution is 9.11. The van der Waals surface area contributed by atoms with Crippen molar-refractivity contribution in [1.82, 2.24) is 4.98 Å². The number of nitrogens with two attached hydrogens (primary N) is 1. The highest BCUT2D eigenvalue weighted by atomic mass is 79.9. The molecule has 2 rings (SSSR count). The number of ether oxygens (including phenoxy) is 1. The van der Waals surface area contributed by atoms with Gasteiger partial charge in [-0.2, -0.15) is 4.98 Å². The first-order chi connectivity index (χ1) is 8.11. The van der Waals surface area contributed by atoms with Crippen molar-refractivity contribution in [2.75, 3.05) is 12.3 Å². The number of nitrogen functional groups attached to an aromatic ring is 1. The van der Waals surface area contributed by atoms with E-state index >= 15 is 0 Å². The summed E-state index contributed by atoms with van der Waals surface area (Å²) in [6.07, 6.45) is 0. The molecule has 17 heavy (non-hydrogen) atoms. The van der Waals surface area contributed by atoms with E-state index in [-0.39, 0.29) is 18.2 Å². The molecule has 0 aliphatic carbocycles. The number of hydrogen-bond acceptors (Lipinski definition) is 6. The van der Waals surface area contributed by atoms with Crippen LogP contribution in [0.4, 0.5) is 5.88 Å². The molecular formula is C10H9BrN2O3S. The summed E-state index contributed by atoms with van der Waals surface area (Å²) in [5.74, 6) is -0.289. The first kappa shape index (κ1) is 12.1. The summed E-state index contributed by atoms with van der Waals surface area (Å²) in [6.45, 7) is 1.98. The molecule has 0 saturated carbocycles. The van der Waals surface area contributed by atoms with Crippen molar-refractivity contribution in [3.8, 4) is 11.5 Å². The lowest BCUT2D eigenvalue weighted by Crippen LogP contribution is -2.07. The maximum absolute atomic E-state index is 11.5. The van der Waals surface area contributed by atoms with Gasteiger partial charge < -0.3 is 14.9 Å². The lowest BCUT2D eigenvalue weighted by atomic mass is 10.3. The molecule has 0 saturated heterocycles. The zero-order valence-corrected chi connectivity index (χ0v) is 11.3. The number of carbonyl (C=O) groups excluding carboxylic acids is 1. The molecule has 0 aliphatic rings. The van der Waals surface area contributed by atoms with E-state index in [0.717, 1.165) is 9.35 Å². The molecule has 0 amide bonds. The Hall–Kier alpha value is -1.34. The van der Waals surface area contributed by atoms with E-state index in [9.17, 15) is 4.79 Å². The fourth-order valence-electron chi connectivity index (χ4n) is 1.22. The number of anilines is 1. The van der Waals surface area contributed by atoms with Crippen LogP contribution in [0.3, 0.4) is 0 Å². The molecule has 2 heterocycles. The number of thiophene rings is 1. The van der Waals surface area contributed by atoms with Crippen LogP contribution in [0.1, 0.15) is 17.4 Å². The number of hydrogen-bond donors (Lipinski definition) is 1. The number of rotatable bonds is 3. The standard InChI is InChI=1S/C10H9BrN2O3S/c1-2-15-10(14)7-8(12)16-9(13-7)5-3-6(11)17-4-5/h3-4H,2,12H2,1H3. The van der Waals surface area contributed by atoms with Gasteiger partial charge in [-0.25, -0.2) is 4.79 Å². The highest BCUT2D eigenvalue weighted by Gasteiger charge is 2.20. The van der Waals surface area contributed by atoms with Gasteiger partial charge in [-0.05, 0) is 28.9 Å². The number of esters is 1. The Morgan fingerprint density at radius 1 is 1.71 bits per heavy atom. The molecule has 90 valence electrons. The van der Waals surface area contributed by atoms with E-state index in [4.69, 9.17) is 14.9 Å². The number of carbonyl (C=O) groups is 1. The average Bonchev–Trinajstić information content (AvgIpc) is 2.85. The Morgan fingerprint density at radius 3 is 3.06 bits per heavy atom. The summed E-state index contributed by atoms with van der Waals surface area (Å²) in [7, 11) is 0. The van der Waals surface area contributed by atoms with Gasteiger partial charge in [-0.1, -0.05) is 0 Å². The van der Waals surface area contributed by atoms with E-state index < -0.39 is 5.97 Å². The van der Waals surface area contributed by atoms with Crippen molar-refractivity contribution in [3.05, 3.63) is 20.9 Å². The second-order valence-corrected chi connectivity index (χ2v) is 5.38. The summed E-state index contributed by atoms with van der Waals surface area (Å²) >= 11 is 4.83. The number of halogens is 1. The molecule has 0 aromatic carbocycles. The summed E-state index contributed by atoms with van der Waals surface area (Å²) in [6, 6.07) is 1.84. The zero-order chi connectivity index (χ0) is 12.4. The molecule has 0 aliphatic heterocycles. The fraction of sp³-hybridized carbons (Fsp3) is 0.200. The fourth-order valence-corrected chi connectivity index (χ4v) is 2.35. The molecule has 5 nitrogen and oxygen atoms in total. The molecule has 0 bridgehead atoms. The normalized spacial score (nSPS) is 10.5. The molecule has 7 heteroatoms. The van der Waals surface area contributed by atoms with Crippen LogP contribution in [-0.4, -0.2) is 17.6 Å². The van der Waals surface area contributed by atoms with Gasteiger partial charge in [-0.3, -0.25) is 0 Å². The summed E-state index contributed by atoms with van der Waals surface area (Å²) in [5, 5.41) is 1.85. The van der Waals surface area contributed by atoms with Crippen LogP contribution < -0.4 is 5.73 Å². The SMILES string of the molecule is CCOC(=O)c1nc(-c2csc(Br)c2)oc1N. The number of aromatic nitrogens is 1. The van der Waals surface area contributed by atoms with E-state index in [1.165, 1.54) is 11.3 Å². The van der Waals surface area contributed by atoms with Crippen LogP contribution in [0.5, 0.6) is 0 Å². The van der Waals surface area contributed by atoms with E-state index in [0.29, 0.717) is 5.89 Å². The third-order valence-electron chi connectivity index (χ3n) is 1.94. The molecule has 2 N–H and O–H groups in total. The van der Waals surface area contributed by atoms with Crippen LogP contribution in [0.15, 0.2) is 19.6 Å². The Balaban J connectivity index is 2.33. The second-order valence-electron chi connectivity index (χ2n) is 3.09. The van der Waals surface area contributed by atoms with Crippen molar-refractivity contribution < 1.29 is 13.9 Å². The first-order valence-corrected chi connectivity index (χ1v) is 6.47. The summed E-state index contributed by atoms with van der Waals surface area (Å²) in [5.41, 5.74) is 6.36. The van der Waals surface area contributed by atoms with Crippen molar-refractivity contribution in [3.63, 3.8) is 0 Å². The third-order valence-corrected chi connectivity index (χ3v) is 3.44. The topological polar surface area (TPSA) is 78.3 Å². The lowest BCUT2D eigenvalue weighted by Gasteiger charge is -1.96. The first-order valence-electron chi connectivity index (χ1n) is 4.79. The predicted molar refractivity (Wildman–Crippen MR) is 67.9 cm³/mol. The van der Waals surface area contributed by atoms with Crippen molar-refractivity contribution in [1.29, 1.82) is 0 Å². The number of nitrogens with zero attached hydrogens (tertiary/aromatic N) is 1. The van der Waals surface area contributed by atoms with Crippen LogP contribution >= 0.6 is 27.3 Å². The van der Waals surface area contributed by atoms with Gasteiger partial charge in [0.2, 0.25) is 17.5 Å². The van der Waals surface area contributed by atoms with Crippen LogP contribution in [0, 0.1) is 0 Å². The maximum atomic E-state index is 11.5. The van der Waals surface area contributed by atoms with Gasteiger partial charge in [0.1, 0.15) is 0 Å². The monoisotopic (exact) mass is 316 g/mol. The molecule has 0 radical (unpaired) electrons. The van der Waals surface area contributed by atoms with Gasteiger partial charge in [-0.15, -0.1) is 11.3 Å². The molecular weight excluding hydrogens is 308 g/mol. The molecule has 0 spiro atoms. The highest BCUT2D eigenvalue weighted by Crippen LogP contribution is 2.30. The molecule has 2 aromatic rings. The second kappa shape index (κ2) is 4.89. The van der Waals surface area contributed by atoms with Crippen molar-refractivity contribution >= 4 is 39.1 Å². The third kappa shape index (κ3) is 2.50. The quantitative estimate of drug-likeness (QED) is 0.881. The lowest BCUT2D eigenvalue weighted by molar-refractivity contribution is 0.0521. The summed E-state index contributed by atoms with van der Waals surface area (Å²) < 4.78 is 11.0.